The smallest absolute Gasteiger partial charge is 0.344 e. The number of phenols is 1. The Bertz CT molecular complexity index is 930. The van der Waals surface area contributed by atoms with Gasteiger partial charge >= 0.3 is 5.97 Å². The van der Waals surface area contributed by atoms with Gasteiger partial charge in [0, 0.05) is 43.5 Å². The van der Waals surface area contributed by atoms with Crippen LogP contribution in [0.5, 0.6) is 11.5 Å². The van der Waals surface area contributed by atoms with Gasteiger partial charge in [-0.05, 0) is 57.2 Å². The number of phenolic OH excluding ortho intramolecular Hbond substituents is 1. The SMILES string of the molecule is CC(C)(C)OC(=O)COc1ccc(N2CCN(c3cc(O)ccc3C(=N)N)CC2)cc1. The summed E-state index contributed by atoms with van der Waals surface area (Å²) in [7, 11) is 0. The largest absolute Gasteiger partial charge is 0.508 e. The van der Waals surface area contributed by atoms with Gasteiger partial charge in [0.25, 0.3) is 0 Å². The van der Waals surface area contributed by atoms with Gasteiger partial charge in [-0.15, -0.1) is 0 Å². The zero-order valence-corrected chi connectivity index (χ0v) is 18.2. The van der Waals surface area contributed by atoms with Crippen LogP contribution >= 0.6 is 0 Å². The number of hydrogen-bond acceptors (Lipinski definition) is 7. The van der Waals surface area contributed by atoms with Crippen molar-refractivity contribution in [1.29, 1.82) is 5.41 Å². The normalized spacial score (nSPS) is 14.3. The highest BCUT2D eigenvalue weighted by molar-refractivity contribution is 6.00. The number of nitrogens with two attached hydrogens (primary N) is 1. The molecule has 1 saturated heterocycles. The van der Waals surface area contributed by atoms with E-state index in [-0.39, 0.29) is 18.2 Å². The fourth-order valence-corrected chi connectivity index (χ4v) is 3.48. The van der Waals surface area contributed by atoms with E-state index in [2.05, 4.69) is 9.80 Å². The van der Waals surface area contributed by atoms with Crippen molar-refractivity contribution in [2.75, 3.05) is 42.6 Å². The summed E-state index contributed by atoms with van der Waals surface area (Å²) in [5.41, 5.74) is 7.63. The Morgan fingerprint density at radius 3 is 2.26 bits per heavy atom. The maximum atomic E-state index is 11.8. The third kappa shape index (κ3) is 6.04. The second-order valence-electron chi connectivity index (χ2n) is 8.46. The fourth-order valence-electron chi connectivity index (χ4n) is 3.48. The number of nitrogens with zero attached hydrogens (tertiary/aromatic N) is 2. The summed E-state index contributed by atoms with van der Waals surface area (Å²) < 4.78 is 10.8. The quantitative estimate of drug-likeness (QED) is 0.370. The van der Waals surface area contributed by atoms with Crippen LogP contribution < -0.4 is 20.3 Å². The van der Waals surface area contributed by atoms with Crippen LogP contribution in [-0.4, -0.2) is 55.3 Å². The number of aromatic hydroxyl groups is 1. The summed E-state index contributed by atoms with van der Waals surface area (Å²) in [5, 5.41) is 17.6. The van der Waals surface area contributed by atoms with Crippen LogP contribution in [0.2, 0.25) is 0 Å². The number of esters is 1. The molecule has 0 radical (unpaired) electrons. The molecule has 1 heterocycles. The van der Waals surface area contributed by atoms with Crippen molar-refractivity contribution in [2.45, 2.75) is 26.4 Å². The Morgan fingerprint density at radius 2 is 1.68 bits per heavy atom. The Morgan fingerprint density at radius 1 is 1.06 bits per heavy atom. The summed E-state index contributed by atoms with van der Waals surface area (Å²) in [4.78, 5) is 16.2. The number of carbonyl (C=O) groups is 1. The standard InChI is InChI=1S/C23H30N4O4/c1-23(2,3)31-21(29)15-30-18-7-4-16(5-8-18)26-10-12-27(13-11-26)20-14-17(28)6-9-19(20)22(24)25/h4-9,14,28H,10-13,15H2,1-3H3,(H3,24,25). The van der Waals surface area contributed by atoms with Crippen molar-refractivity contribution in [3.63, 3.8) is 0 Å². The summed E-state index contributed by atoms with van der Waals surface area (Å²) in [5.74, 6) is 0.354. The summed E-state index contributed by atoms with van der Waals surface area (Å²) >= 11 is 0. The zero-order valence-electron chi connectivity index (χ0n) is 18.2. The molecule has 4 N–H and O–H groups in total. The molecule has 3 rings (SSSR count). The Labute approximate surface area is 182 Å². The lowest BCUT2D eigenvalue weighted by molar-refractivity contribution is -0.157. The number of hydrogen-bond donors (Lipinski definition) is 3. The molecule has 0 amide bonds. The van der Waals surface area contributed by atoms with Gasteiger partial charge in [0.05, 0.1) is 5.69 Å². The van der Waals surface area contributed by atoms with Crippen molar-refractivity contribution in [2.24, 2.45) is 5.73 Å². The first-order valence-corrected chi connectivity index (χ1v) is 10.2. The first-order chi connectivity index (χ1) is 14.6. The van der Waals surface area contributed by atoms with E-state index in [4.69, 9.17) is 20.6 Å². The van der Waals surface area contributed by atoms with Gasteiger partial charge in [-0.3, -0.25) is 5.41 Å². The lowest BCUT2D eigenvalue weighted by atomic mass is 10.1. The van der Waals surface area contributed by atoms with Gasteiger partial charge in [0.1, 0.15) is 22.9 Å². The van der Waals surface area contributed by atoms with Crippen molar-refractivity contribution in [3.8, 4) is 11.5 Å². The highest BCUT2D eigenvalue weighted by Crippen LogP contribution is 2.28. The summed E-state index contributed by atoms with van der Waals surface area (Å²) in [6, 6.07) is 12.5. The molecule has 1 aliphatic rings. The van der Waals surface area contributed by atoms with E-state index in [1.165, 1.54) is 0 Å². The Balaban J connectivity index is 1.56. The van der Waals surface area contributed by atoms with Crippen LogP contribution in [0.25, 0.3) is 0 Å². The molecule has 8 heteroatoms. The third-order valence-electron chi connectivity index (χ3n) is 4.87. The molecular formula is C23H30N4O4. The van der Waals surface area contributed by atoms with Gasteiger partial charge < -0.3 is 30.1 Å². The number of nitrogens with one attached hydrogen (secondary N) is 1. The van der Waals surface area contributed by atoms with E-state index >= 15 is 0 Å². The molecule has 1 aliphatic heterocycles. The lowest BCUT2D eigenvalue weighted by Crippen LogP contribution is -2.47. The average Bonchev–Trinajstić information content (AvgIpc) is 2.71. The maximum Gasteiger partial charge on any atom is 0.344 e. The lowest BCUT2D eigenvalue weighted by Gasteiger charge is -2.38. The topological polar surface area (TPSA) is 112 Å². The van der Waals surface area contributed by atoms with Gasteiger partial charge in [-0.25, -0.2) is 4.79 Å². The molecule has 166 valence electrons. The first-order valence-electron chi connectivity index (χ1n) is 10.2. The van der Waals surface area contributed by atoms with Gasteiger partial charge in [0.2, 0.25) is 0 Å². The van der Waals surface area contributed by atoms with E-state index in [9.17, 15) is 9.90 Å². The number of benzene rings is 2. The van der Waals surface area contributed by atoms with Crippen molar-refractivity contribution >= 4 is 23.2 Å². The molecule has 31 heavy (non-hydrogen) atoms. The van der Waals surface area contributed by atoms with Gasteiger partial charge in [-0.1, -0.05) is 0 Å². The maximum absolute atomic E-state index is 11.8. The van der Waals surface area contributed by atoms with E-state index in [0.717, 1.165) is 37.6 Å². The van der Waals surface area contributed by atoms with Crippen molar-refractivity contribution < 1.29 is 19.4 Å². The monoisotopic (exact) mass is 426 g/mol. The van der Waals surface area contributed by atoms with Crippen LogP contribution in [0.3, 0.4) is 0 Å². The third-order valence-corrected chi connectivity index (χ3v) is 4.87. The van der Waals surface area contributed by atoms with Crippen LogP contribution in [0.1, 0.15) is 26.3 Å². The van der Waals surface area contributed by atoms with Crippen LogP contribution in [0.15, 0.2) is 42.5 Å². The summed E-state index contributed by atoms with van der Waals surface area (Å²) in [6.45, 7) is 8.37. The number of nitrogen functional groups attached to an aromatic ring is 1. The molecule has 8 nitrogen and oxygen atoms in total. The average molecular weight is 427 g/mol. The first kappa shape index (κ1) is 22.3. The minimum absolute atomic E-state index is 0.0144. The van der Waals surface area contributed by atoms with Crippen molar-refractivity contribution in [3.05, 3.63) is 48.0 Å². The Kier molecular flexibility index (Phi) is 6.58. The van der Waals surface area contributed by atoms with Crippen LogP contribution in [0.4, 0.5) is 11.4 Å². The molecular weight excluding hydrogens is 396 g/mol. The Hall–Kier alpha value is -3.42. The molecule has 0 aliphatic carbocycles. The second-order valence-corrected chi connectivity index (χ2v) is 8.46. The molecule has 2 aromatic rings. The molecule has 0 saturated carbocycles. The highest BCUT2D eigenvalue weighted by Gasteiger charge is 2.21. The minimum Gasteiger partial charge on any atom is -0.508 e. The summed E-state index contributed by atoms with van der Waals surface area (Å²) in [6.07, 6.45) is 0. The molecule has 0 aromatic heterocycles. The van der Waals surface area contributed by atoms with Gasteiger partial charge in [0.15, 0.2) is 6.61 Å². The number of rotatable bonds is 6. The van der Waals surface area contributed by atoms with E-state index in [0.29, 0.717) is 11.3 Å². The van der Waals surface area contributed by atoms with E-state index in [1.807, 2.05) is 45.0 Å². The van der Waals surface area contributed by atoms with E-state index in [1.54, 1.807) is 18.2 Å². The highest BCUT2D eigenvalue weighted by atomic mass is 16.6. The molecule has 0 spiro atoms. The number of ether oxygens (including phenoxy) is 2. The number of amidine groups is 1. The van der Waals surface area contributed by atoms with Crippen molar-refractivity contribution in [1.82, 2.24) is 0 Å². The predicted octanol–water partition coefficient (Wildman–Crippen LogP) is 2.72. The van der Waals surface area contributed by atoms with E-state index < -0.39 is 11.6 Å². The predicted molar refractivity (Wildman–Crippen MR) is 121 cm³/mol. The van der Waals surface area contributed by atoms with Crippen LogP contribution in [0, 0.1) is 5.41 Å². The molecule has 0 atom stereocenters. The zero-order chi connectivity index (χ0) is 22.6. The van der Waals surface area contributed by atoms with Gasteiger partial charge in [-0.2, -0.15) is 0 Å². The second kappa shape index (κ2) is 9.16. The number of carbonyl (C=O) groups excluding carboxylic acids is 1. The number of piperazine rings is 1. The fraction of sp³-hybridized carbons (Fsp3) is 0.391. The molecule has 1 fully saturated rings. The minimum atomic E-state index is -0.532. The molecule has 0 unspecified atom stereocenters. The molecule has 0 bridgehead atoms. The molecule has 2 aromatic carbocycles. The van der Waals surface area contributed by atoms with Crippen LogP contribution in [-0.2, 0) is 9.53 Å². The number of anilines is 2.